The fourth-order valence-electron chi connectivity index (χ4n) is 7.03. The first-order valence-corrected chi connectivity index (χ1v) is 18.7. The molecule has 0 saturated heterocycles. The average Bonchev–Trinajstić information content (AvgIpc) is 3.86. The highest BCUT2D eigenvalue weighted by atomic mass is 15.0. The van der Waals surface area contributed by atoms with E-state index in [0.717, 1.165) is 50.3 Å². The lowest BCUT2D eigenvalue weighted by Gasteiger charge is -2.28. The van der Waals surface area contributed by atoms with Gasteiger partial charge in [0.25, 0.3) is 0 Å². The van der Waals surface area contributed by atoms with Crippen LogP contribution in [-0.4, -0.2) is 22.4 Å². The lowest BCUT2D eigenvalue weighted by atomic mass is 9.78. The van der Waals surface area contributed by atoms with Crippen molar-refractivity contribution in [2.75, 3.05) is 0 Å². The number of nitrogens with one attached hydrogen (secondary N) is 2. The molecule has 0 saturated carbocycles. The molecule has 1 atom stereocenters. The van der Waals surface area contributed by atoms with Crippen LogP contribution in [0.4, 0.5) is 0 Å². The quantitative estimate of drug-likeness (QED) is 0.259. The lowest BCUT2D eigenvalue weighted by Crippen LogP contribution is -2.25. The van der Waals surface area contributed by atoms with Gasteiger partial charge in [0.1, 0.15) is 5.70 Å². The molecule has 0 radical (unpaired) electrons. The Morgan fingerprint density at radius 1 is 0.596 bits per heavy atom. The minimum atomic E-state index is -0.0569. The minimum absolute atomic E-state index is 0.00148. The highest BCUT2D eigenvalue weighted by Crippen LogP contribution is 2.38. The molecule has 266 valence electrons. The Labute approximate surface area is 310 Å². The molecule has 52 heavy (non-hydrogen) atoms. The number of nitrogens with zero attached hydrogens (tertiary/aromatic N) is 2. The molecule has 7 rings (SSSR count). The van der Waals surface area contributed by atoms with Crippen LogP contribution in [0.1, 0.15) is 116 Å². The molecule has 5 heterocycles. The van der Waals surface area contributed by atoms with Gasteiger partial charge >= 0.3 is 0 Å². The Hall–Kier alpha value is -4.92. The molecule has 1 aromatic heterocycles. The third-order valence-electron chi connectivity index (χ3n) is 10.4. The summed E-state index contributed by atoms with van der Waals surface area (Å²) >= 11 is 0. The van der Waals surface area contributed by atoms with Crippen molar-refractivity contribution in [2.45, 2.75) is 111 Å². The third-order valence-corrected chi connectivity index (χ3v) is 10.4. The zero-order valence-corrected chi connectivity index (χ0v) is 33.1. The summed E-state index contributed by atoms with van der Waals surface area (Å²) in [5.41, 5.74) is 17.9. The molecule has 2 N–H and O–H groups in total. The van der Waals surface area contributed by atoms with Crippen molar-refractivity contribution in [3.8, 4) is 0 Å². The molecule has 4 nitrogen and oxygen atoms in total. The molecule has 3 aromatic rings. The van der Waals surface area contributed by atoms with E-state index in [9.17, 15) is 0 Å². The van der Waals surface area contributed by atoms with Crippen molar-refractivity contribution in [1.29, 1.82) is 0 Å². The van der Waals surface area contributed by atoms with Crippen LogP contribution in [0.15, 0.2) is 118 Å². The highest BCUT2D eigenvalue weighted by Gasteiger charge is 2.28. The second-order valence-electron chi connectivity index (χ2n) is 18.9. The van der Waals surface area contributed by atoms with Gasteiger partial charge in [-0.1, -0.05) is 131 Å². The summed E-state index contributed by atoms with van der Waals surface area (Å²) in [6, 6.07) is 18.4. The molecule has 4 aliphatic rings. The molecule has 0 fully saturated rings. The molecular formula is C48H54N4. The number of allylic oxidation sites excluding steroid dienone is 5. The second kappa shape index (κ2) is 12.3. The van der Waals surface area contributed by atoms with Crippen LogP contribution in [-0.2, 0) is 21.7 Å². The number of hydrogen-bond acceptors (Lipinski definition) is 3. The van der Waals surface area contributed by atoms with Crippen molar-refractivity contribution in [3.63, 3.8) is 0 Å². The van der Waals surface area contributed by atoms with Gasteiger partial charge in [-0.25, -0.2) is 9.98 Å². The van der Waals surface area contributed by atoms with Crippen LogP contribution in [0.25, 0.3) is 17.2 Å². The Balaban J connectivity index is 1.46. The number of aromatic nitrogens is 1. The fourth-order valence-corrected chi connectivity index (χ4v) is 7.03. The Kier molecular flexibility index (Phi) is 8.43. The van der Waals surface area contributed by atoms with Crippen molar-refractivity contribution in [3.05, 3.63) is 152 Å². The van der Waals surface area contributed by atoms with E-state index in [1.165, 1.54) is 33.4 Å². The van der Waals surface area contributed by atoms with Gasteiger partial charge in [0.2, 0.25) is 0 Å². The first-order valence-electron chi connectivity index (χ1n) is 18.7. The number of H-pyrrole nitrogens is 1. The predicted molar refractivity (Wildman–Crippen MR) is 221 cm³/mol. The van der Waals surface area contributed by atoms with E-state index >= 15 is 0 Å². The molecule has 4 heteroatoms. The summed E-state index contributed by atoms with van der Waals surface area (Å²) in [7, 11) is 0. The molecule has 0 amide bonds. The van der Waals surface area contributed by atoms with E-state index in [1.54, 1.807) is 0 Å². The number of rotatable bonds is 2. The van der Waals surface area contributed by atoms with Gasteiger partial charge in [0.05, 0.1) is 23.2 Å². The maximum atomic E-state index is 5.27. The average molecular weight is 687 g/mol. The number of benzene rings is 2. The largest absolute Gasteiger partial charge is 0.375 e. The van der Waals surface area contributed by atoms with E-state index in [-0.39, 0.29) is 27.7 Å². The smallest absolute Gasteiger partial charge is 0.116 e. The lowest BCUT2D eigenvalue weighted by molar-refractivity contribution is 0.567. The first kappa shape index (κ1) is 35.5. The Morgan fingerprint density at radius 2 is 1.17 bits per heavy atom. The number of aromatic amines is 1. The standard InChI is InChI=1S/C48H54N4/c1-45(2,3)31-21-29(22-32(25-31)46(4,5)6)43-39-17-13-35(49-39)27-37-15-19-41(51-37)44(42-20-16-38(52-42)28-36-14-18-40(43)50-36)30-23-33(47(7,8)9)26-34(24-30)48(10,11)12/h13-19,21-28,40,50-51H,1-12H3/b36-28-,37-27-,43-39-,44-41-. The van der Waals surface area contributed by atoms with Crippen LogP contribution in [0.3, 0.4) is 0 Å². The van der Waals surface area contributed by atoms with Crippen LogP contribution in [0, 0.1) is 0 Å². The van der Waals surface area contributed by atoms with Gasteiger partial charge in [-0.2, -0.15) is 0 Å². The summed E-state index contributed by atoms with van der Waals surface area (Å²) in [5.74, 6) is 0. The maximum absolute atomic E-state index is 5.27. The first-order chi connectivity index (χ1) is 24.2. The van der Waals surface area contributed by atoms with E-state index in [1.807, 2.05) is 6.08 Å². The topological polar surface area (TPSA) is 52.5 Å². The van der Waals surface area contributed by atoms with Gasteiger partial charge in [-0.05, 0) is 97.6 Å². The molecule has 2 aromatic carbocycles. The normalized spacial score (nSPS) is 22.8. The second-order valence-corrected chi connectivity index (χ2v) is 18.9. The summed E-state index contributed by atoms with van der Waals surface area (Å²) in [6.45, 7) is 27.5. The van der Waals surface area contributed by atoms with E-state index in [2.05, 4.69) is 184 Å². The van der Waals surface area contributed by atoms with Crippen molar-refractivity contribution >= 4 is 28.6 Å². The number of hydrogen-bond donors (Lipinski definition) is 2. The molecule has 0 aliphatic carbocycles. The van der Waals surface area contributed by atoms with Crippen LogP contribution < -0.4 is 16.0 Å². The number of aliphatic imine (C=N–C) groups is 2. The van der Waals surface area contributed by atoms with Crippen LogP contribution in [0.5, 0.6) is 0 Å². The maximum Gasteiger partial charge on any atom is 0.116 e. The summed E-state index contributed by atoms with van der Waals surface area (Å²) < 4.78 is 0. The fraction of sp³-hybridized carbons (Fsp3) is 0.354. The third kappa shape index (κ3) is 7.10. The van der Waals surface area contributed by atoms with Gasteiger partial charge in [-0.3, -0.25) is 0 Å². The van der Waals surface area contributed by atoms with Crippen molar-refractivity contribution in [2.24, 2.45) is 9.98 Å². The minimum Gasteiger partial charge on any atom is -0.375 e. The van der Waals surface area contributed by atoms with Gasteiger partial charge < -0.3 is 10.3 Å². The zero-order valence-electron chi connectivity index (χ0n) is 33.1. The molecule has 8 bridgehead atoms. The van der Waals surface area contributed by atoms with E-state index < -0.39 is 0 Å². The summed E-state index contributed by atoms with van der Waals surface area (Å²) in [6.07, 6.45) is 15.0. The Morgan fingerprint density at radius 3 is 1.75 bits per heavy atom. The monoisotopic (exact) mass is 686 g/mol. The van der Waals surface area contributed by atoms with E-state index in [4.69, 9.17) is 9.98 Å². The van der Waals surface area contributed by atoms with Crippen molar-refractivity contribution < 1.29 is 0 Å². The predicted octanol–water partition coefficient (Wildman–Crippen LogP) is 9.53. The number of fused-ring (bicyclic) bond motifs is 6. The van der Waals surface area contributed by atoms with Crippen LogP contribution in [0.2, 0.25) is 0 Å². The summed E-state index contributed by atoms with van der Waals surface area (Å²) in [4.78, 5) is 14.2. The highest BCUT2D eigenvalue weighted by molar-refractivity contribution is 6.19. The van der Waals surface area contributed by atoms with Gasteiger partial charge in [0.15, 0.2) is 0 Å². The SMILES string of the molecule is CC(C)(C)c1cc(/C2=C3\C=CC(=N3)/C=c3/cc/c([nH]3)=C(\c3cc(C(C)(C)C)cc(C(C)(C)C)c3)C3=C=CC(=N3)/C=C3/C=CC2N3)cc(C(C)(C)C)c1. The zero-order chi connectivity index (χ0) is 37.4. The molecule has 1 unspecified atom stereocenters. The molecule has 4 aliphatic heterocycles. The van der Waals surface area contributed by atoms with Crippen molar-refractivity contribution in [1.82, 2.24) is 10.3 Å². The molecule has 0 spiro atoms. The van der Waals surface area contributed by atoms with Crippen LogP contribution >= 0.6 is 0 Å². The molecular weight excluding hydrogens is 633 g/mol. The van der Waals surface area contributed by atoms with Gasteiger partial charge in [-0.15, -0.1) is 0 Å². The Bertz CT molecular complexity index is 2310. The summed E-state index contributed by atoms with van der Waals surface area (Å²) in [5, 5.41) is 5.82. The van der Waals surface area contributed by atoms with E-state index in [0.29, 0.717) is 0 Å². The van der Waals surface area contributed by atoms with Gasteiger partial charge in [0, 0.05) is 33.6 Å².